The number of nitrogens with zero attached hydrogens (tertiary/aromatic N) is 2. The van der Waals surface area contributed by atoms with Crippen LogP contribution in [0.3, 0.4) is 0 Å². The number of carbonyl (C=O) groups excluding carboxylic acids is 1. The highest BCUT2D eigenvalue weighted by molar-refractivity contribution is 8.00. The van der Waals surface area contributed by atoms with E-state index in [1.54, 1.807) is 18.3 Å². The molecule has 1 atom stereocenters. The van der Waals surface area contributed by atoms with Gasteiger partial charge in [0.15, 0.2) is 0 Å². The first-order valence-corrected chi connectivity index (χ1v) is 5.61. The molecule has 0 saturated carbocycles. The van der Waals surface area contributed by atoms with Crippen molar-refractivity contribution in [3.05, 3.63) is 23.9 Å². The molecular formula is C11H12N2OS. The van der Waals surface area contributed by atoms with Gasteiger partial charge in [-0.1, -0.05) is 18.7 Å². The Balaban J connectivity index is 2.73. The predicted octanol–water partition coefficient (Wildman–Crippen LogP) is 2.41. The molecule has 0 spiro atoms. The maximum Gasteiger partial charge on any atom is 0.145 e. The lowest BCUT2D eigenvalue weighted by molar-refractivity contribution is -0.118. The van der Waals surface area contributed by atoms with Crippen LogP contribution in [0.15, 0.2) is 23.4 Å². The van der Waals surface area contributed by atoms with Crippen LogP contribution in [0.5, 0.6) is 0 Å². The molecule has 0 unspecified atom stereocenters. The number of carbonyl (C=O) groups is 1. The highest BCUT2D eigenvalue weighted by Gasteiger charge is 2.12. The minimum Gasteiger partial charge on any atom is -0.298 e. The van der Waals surface area contributed by atoms with Gasteiger partial charge in [-0.15, -0.1) is 0 Å². The second kappa shape index (κ2) is 5.52. The van der Waals surface area contributed by atoms with E-state index in [0.717, 1.165) is 5.03 Å². The summed E-state index contributed by atoms with van der Waals surface area (Å²) >= 11 is 1.39. The third-order valence-corrected chi connectivity index (χ3v) is 3.04. The average Bonchev–Trinajstić information content (AvgIpc) is 2.28. The van der Waals surface area contributed by atoms with Gasteiger partial charge in [-0.05, 0) is 19.1 Å². The van der Waals surface area contributed by atoms with E-state index in [4.69, 9.17) is 5.26 Å². The van der Waals surface area contributed by atoms with Gasteiger partial charge in [-0.25, -0.2) is 4.98 Å². The number of Topliss-reactive ketones (excluding diaryl/α,β-unsaturated/α-hetero) is 1. The molecule has 15 heavy (non-hydrogen) atoms. The normalized spacial score (nSPS) is 11.8. The summed E-state index contributed by atoms with van der Waals surface area (Å²) in [5.41, 5.74) is 0.573. The monoisotopic (exact) mass is 220 g/mol. The zero-order valence-corrected chi connectivity index (χ0v) is 9.54. The average molecular weight is 220 g/mol. The van der Waals surface area contributed by atoms with Crippen molar-refractivity contribution >= 4 is 17.5 Å². The van der Waals surface area contributed by atoms with Crippen molar-refractivity contribution < 1.29 is 4.79 Å². The summed E-state index contributed by atoms with van der Waals surface area (Å²) in [5.74, 6) is 0.198. The van der Waals surface area contributed by atoms with Gasteiger partial charge in [-0.3, -0.25) is 4.79 Å². The van der Waals surface area contributed by atoms with Crippen molar-refractivity contribution in [2.75, 3.05) is 0 Å². The number of pyridine rings is 1. The number of hydrogen-bond acceptors (Lipinski definition) is 4. The fourth-order valence-corrected chi connectivity index (χ4v) is 2.05. The van der Waals surface area contributed by atoms with E-state index in [2.05, 4.69) is 4.98 Å². The molecule has 0 N–H and O–H groups in total. The number of ketones is 1. The Morgan fingerprint density at radius 2 is 2.47 bits per heavy atom. The molecule has 0 amide bonds. The Kier molecular flexibility index (Phi) is 4.32. The van der Waals surface area contributed by atoms with Crippen LogP contribution in [0.1, 0.15) is 25.8 Å². The molecule has 0 fully saturated rings. The van der Waals surface area contributed by atoms with Gasteiger partial charge in [-0.2, -0.15) is 5.26 Å². The fraction of sp³-hybridized carbons (Fsp3) is 0.364. The van der Waals surface area contributed by atoms with Crippen molar-refractivity contribution in [3.8, 4) is 6.07 Å². The van der Waals surface area contributed by atoms with E-state index in [1.165, 1.54) is 11.8 Å². The smallest absolute Gasteiger partial charge is 0.145 e. The molecule has 0 radical (unpaired) electrons. The van der Waals surface area contributed by atoms with Gasteiger partial charge in [0.25, 0.3) is 0 Å². The first kappa shape index (κ1) is 11.7. The van der Waals surface area contributed by atoms with Crippen LogP contribution >= 0.6 is 11.8 Å². The van der Waals surface area contributed by atoms with Crippen molar-refractivity contribution in [1.82, 2.24) is 4.98 Å². The topological polar surface area (TPSA) is 53.8 Å². The van der Waals surface area contributed by atoms with Crippen molar-refractivity contribution in [1.29, 1.82) is 5.26 Å². The molecule has 0 aromatic carbocycles. The molecule has 78 valence electrons. The van der Waals surface area contributed by atoms with Gasteiger partial charge >= 0.3 is 0 Å². The number of rotatable bonds is 4. The zero-order chi connectivity index (χ0) is 11.3. The summed E-state index contributed by atoms with van der Waals surface area (Å²) in [5, 5.41) is 9.32. The molecule has 1 aromatic rings. The third-order valence-electron chi connectivity index (χ3n) is 1.96. The fourth-order valence-electron chi connectivity index (χ4n) is 1.08. The Morgan fingerprint density at radius 3 is 3.07 bits per heavy atom. The lowest BCUT2D eigenvalue weighted by Gasteiger charge is -2.07. The minimum atomic E-state index is -0.101. The molecule has 0 aliphatic carbocycles. The van der Waals surface area contributed by atoms with Crippen molar-refractivity contribution in [2.45, 2.75) is 30.5 Å². The van der Waals surface area contributed by atoms with Crippen LogP contribution in [0.4, 0.5) is 0 Å². The van der Waals surface area contributed by atoms with Gasteiger partial charge in [0.05, 0.1) is 21.9 Å². The van der Waals surface area contributed by atoms with Gasteiger partial charge in [0, 0.05) is 12.6 Å². The number of aromatic nitrogens is 1. The Bertz CT molecular complexity index is 398. The maximum absolute atomic E-state index is 11.4. The summed E-state index contributed by atoms with van der Waals surface area (Å²) in [6.07, 6.45) is 2.12. The zero-order valence-electron chi connectivity index (χ0n) is 8.73. The standard InChI is InChI=1S/C11H12N2OS/c1-3-10(14)8(2)15-11-6-9(7-12)4-5-13-11/h4-6,8H,3H2,1-2H3/t8-/m0/s1. The predicted molar refractivity (Wildman–Crippen MR) is 59.6 cm³/mol. The van der Waals surface area contributed by atoms with E-state index in [0.29, 0.717) is 12.0 Å². The molecule has 0 aliphatic rings. The van der Waals surface area contributed by atoms with Crippen LogP contribution in [-0.2, 0) is 4.79 Å². The first-order valence-electron chi connectivity index (χ1n) is 4.73. The highest BCUT2D eigenvalue weighted by Crippen LogP contribution is 2.22. The van der Waals surface area contributed by atoms with E-state index < -0.39 is 0 Å². The molecule has 3 nitrogen and oxygen atoms in total. The molecule has 1 rings (SSSR count). The Labute approximate surface area is 93.5 Å². The van der Waals surface area contributed by atoms with Gasteiger partial charge in [0.1, 0.15) is 5.78 Å². The molecule has 1 heterocycles. The molecule has 1 aromatic heterocycles. The summed E-state index contributed by atoms with van der Waals surface area (Å²) in [4.78, 5) is 15.5. The first-order chi connectivity index (χ1) is 7.17. The number of hydrogen-bond donors (Lipinski definition) is 0. The maximum atomic E-state index is 11.4. The largest absolute Gasteiger partial charge is 0.298 e. The second-order valence-corrected chi connectivity index (χ2v) is 4.44. The quantitative estimate of drug-likeness (QED) is 0.731. The Hall–Kier alpha value is -1.34. The summed E-state index contributed by atoms with van der Waals surface area (Å²) in [6, 6.07) is 5.39. The van der Waals surface area contributed by atoms with E-state index in [-0.39, 0.29) is 11.0 Å². The van der Waals surface area contributed by atoms with E-state index in [9.17, 15) is 4.79 Å². The van der Waals surface area contributed by atoms with Gasteiger partial charge in [0.2, 0.25) is 0 Å². The lowest BCUT2D eigenvalue weighted by Crippen LogP contribution is -2.11. The molecule has 0 bridgehead atoms. The van der Waals surface area contributed by atoms with E-state index in [1.807, 2.05) is 19.9 Å². The van der Waals surface area contributed by atoms with Crippen LogP contribution in [-0.4, -0.2) is 16.0 Å². The SMILES string of the molecule is CCC(=O)[C@H](C)Sc1cc(C#N)ccn1. The van der Waals surface area contributed by atoms with Crippen molar-refractivity contribution in [2.24, 2.45) is 0 Å². The Morgan fingerprint density at radius 1 is 1.73 bits per heavy atom. The molecule has 0 saturated heterocycles. The molecular weight excluding hydrogens is 208 g/mol. The second-order valence-electron chi connectivity index (χ2n) is 3.07. The summed E-state index contributed by atoms with van der Waals surface area (Å²) in [7, 11) is 0. The summed E-state index contributed by atoms with van der Waals surface area (Å²) < 4.78 is 0. The number of thioether (sulfide) groups is 1. The van der Waals surface area contributed by atoms with Crippen LogP contribution in [0.25, 0.3) is 0 Å². The van der Waals surface area contributed by atoms with Crippen LogP contribution in [0, 0.1) is 11.3 Å². The van der Waals surface area contributed by atoms with Crippen LogP contribution in [0.2, 0.25) is 0 Å². The highest BCUT2D eigenvalue weighted by atomic mass is 32.2. The van der Waals surface area contributed by atoms with Gasteiger partial charge < -0.3 is 0 Å². The minimum absolute atomic E-state index is 0.101. The third kappa shape index (κ3) is 3.37. The van der Waals surface area contributed by atoms with E-state index >= 15 is 0 Å². The lowest BCUT2D eigenvalue weighted by atomic mass is 10.2. The van der Waals surface area contributed by atoms with Crippen molar-refractivity contribution in [3.63, 3.8) is 0 Å². The molecule has 4 heteroatoms. The summed E-state index contributed by atoms with van der Waals surface area (Å²) in [6.45, 7) is 3.70. The molecule has 0 aliphatic heterocycles. The van der Waals surface area contributed by atoms with Crippen LogP contribution < -0.4 is 0 Å². The number of nitriles is 1.